The molecule has 0 radical (unpaired) electrons. The lowest BCUT2D eigenvalue weighted by atomic mass is 10.00. The lowest BCUT2D eigenvalue weighted by molar-refractivity contribution is -0.115. The quantitative estimate of drug-likeness (QED) is 0.839. The molecule has 0 spiro atoms. The van der Waals surface area contributed by atoms with E-state index >= 15 is 0 Å². The van der Waals surface area contributed by atoms with Gasteiger partial charge in [0.15, 0.2) is 0 Å². The Morgan fingerprint density at radius 2 is 2.15 bits per heavy atom. The molecule has 0 bridgehead atoms. The van der Waals surface area contributed by atoms with Gasteiger partial charge in [0, 0.05) is 18.8 Å². The molecule has 1 aliphatic rings. The van der Waals surface area contributed by atoms with Crippen LogP contribution in [0.15, 0.2) is 24.3 Å². The largest absolute Gasteiger partial charge is 0.378 e. The van der Waals surface area contributed by atoms with Gasteiger partial charge in [-0.25, -0.2) is 4.39 Å². The summed E-state index contributed by atoms with van der Waals surface area (Å²) in [4.78, 5) is 11.7. The molecule has 1 aromatic carbocycles. The van der Waals surface area contributed by atoms with Crippen LogP contribution < -0.4 is 10.6 Å². The number of hydrogen-bond acceptors (Lipinski definition) is 3. The van der Waals surface area contributed by atoms with E-state index in [0.717, 1.165) is 26.0 Å². The smallest absolute Gasteiger partial charge is 0.238 e. The van der Waals surface area contributed by atoms with Gasteiger partial charge in [0.05, 0.1) is 12.6 Å². The van der Waals surface area contributed by atoms with E-state index in [1.165, 1.54) is 12.1 Å². The summed E-state index contributed by atoms with van der Waals surface area (Å²) in [6.07, 6.45) is 2.36. The number of halogens is 1. The van der Waals surface area contributed by atoms with Crippen LogP contribution in [-0.4, -0.2) is 31.7 Å². The van der Waals surface area contributed by atoms with E-state index in [1.807, 2.05) is 0 Å². The normalized spacial score (nSPS) is 21.9. The van der Waals surface area contributed by atoms with Crippen LogP contribution >= 0.6 is 0 Å². The molecule has 1 amide bonds. The van der Waals surface area contributed by atoms with E-state index in [9.17, 15) is 9.18 Å². The molecule has 1 heterocycles. The van der Waals surface area contributed by atoms with Gasteiger partial charge in [-0.2, -0.15) is 0 Å². The molecule has 4 nitrogen and oxygen atoms in total. The molecule has 1 aliphatic heterocycles. The van der Waals surface area contributed by atoms with Crippen molar-refractivity contribution in [3.63, 3.8) is 0 Å². The maximum absolute atomic E-state index is 12.7. The van der Waals surface area contributed by atoms with E-state index in [4.69, 9.17) is 4.74 Å². The van der Waals surface area contributed by atoms with Crippen molar-refractivity contribution in [2.45, 2.75) is 25.9 Å². The topological polar surface area (TPSA) is 50.4 Å². The minimum absolute atomic E-state index is 0.122. The Bertz CT molecular complexity index is 436. The molecule has 110 valence electrons. The number of carbonyl (C=O) groups is 1. The molecule has 2 N–H and O–H groups in total. The van der Waals surface area contributed by atoms with Crippen molar-refractivity contribution in [1.82, 2.24) is 5.32 Å². The fraction of sp³-hybridized carbons (Fsp3) is 0.533. The molecule has 2 unspecified atom stereocenters. The Labute approximate surface area is 118 Å². The Morgan fingerprint density at radius 3 is 2.85 bits per heavy atom. The van der Waals surface area contributed by atoms with Crippen molar-refractivity contribution in [3.8, 4) is 0 Å². The summed E-state index contributed by atoms with van der Waals surface area (Å²) in [6.45, 7) is 3.97. The van der Waals surface area contributed by atoms with Crippen LogP contribution in [0.4, 0.5) is 10.1 Å². The highest BCUT2D eigenvalue weighted by molar-refractivity contribution is 5.92. The number of benzene rings is 1. The predicted octanol–water partition coefficient (Wildman–Crippen LogP) is 2.17. The summed E-state index contributed by atoms with van der Waals surface area (Å²) in [7, 11) is 0. The van der Waals surface area contributed by atoms with Crippen LogP contribution in [0.3, 0.4) is 0 Å². The lowest BCUT2D eigenvalue weighted by Crippen LogP contribution is -2.34. The van der Waals surface area contributed by atoms with Crippen molar-refractivity contribution in [2.75, 3.05) is 25.0 Å². The van der Waals surface area contributed by atoms with Gasteiger partial charge >= 0.3 is 0 Å². The van der Waals surface area contributed by atoms with Crippen LogP contribution in [0, 0.1) is 11.7 Å². The van der Waals surface area contributed by atoms with Crippen LogP contribution in [0.5, 0.6) is 0 Å². The van der Waals surface area contributed by atoms with E-state index < -0.39 is 0 Å². The average molecular weight is 280 g/mol. The molecular formula is C15H21FN2O2. The highest BCUT2D eigenvalue weighted by Gasteiger charge is 2.26. The van der Waals surface area contributed by atoms with Gasteiger partial charge in [0.2, 0.25) is 5.91 Å². The first-order valence-electron chi connectivity index (χ1n) is 7.06. The summed E-state index contributed by atoms with van der Waals surface area (Å²) >= 11 is 0. The first kappa shape index (κ1) is 14.9. The van der Waals surface area contributed by atoms with E-state index in [-0.39, 0.29) is 18.3 Å². The summed E-state index contributed by atoms with van der Waals surface area (Å²) in [6, 6.07) is 5.74. The number of anilines is 1. The SMILES string of the molecule is CCC1OCCC1CNCC(=O)Nc1ccc(F)cc1. The fourth-order valence-electron chi connectivity index (χ4n) is 2.49. The lowest BCUT2D eigenvalue weighted by Gasteiger charge is -2.17. The van der Waals surface area contributed by atoms with Crippen LogP contribution in [0.2, 0.25) is 0 Å². The van der Waals surface area contributed by atoms with E-state index in [1.54, 1.807) is 12.1 Å². The monoisotopic (exact) mass is 280 g/mol. The zero-order valence-electron chi connectivity index (χ0n) is 11.7. The molecule has 1 aromatic rings. The van der Waals surface area contributed by atoms with Crippen LogP contribution in [-0.2, 0) is 9.53 Å². The maximum Gasteiger partial charge on any atom is 0.238 e. The summed E-state index contributed by atoms with van der Waals surface area (Å²) in [5, 5.41) is 5.88. The molecule has 0 aromatic heterocycles. The Kier molecular flexibility index (Phi) is 5.49. The van der Waals surface area contributed by atoms with Gasteiger partial charge in [-0.3, -0.25) is 4.79 Å². The molecule has 1 saturated heterocycles. The Hall–Kier alpha value is -1.46. The van der Waals surface area contributed by atoms with E-state index in [2.05, 4.69) is 17.6 Å². The van der Waals surface area contributed by atoms with Crippen molar-refractivity contribution < 1.29 is 13.9 Å². The predicted molar refractivity (Wildman–Crippen MR) is 76.0 cm³/mol. The minimum atomic E-state index is -0.312. The molecule has 5 heteroatoms. The zero-order valence-corrected chi connectivity index (χ0v) is 11.7. The number of carbonyl (C=O) groups excluding carboxylic acids is 1. The summed E-state index contributed by atoms with van der Waals surface area (Å²) < 4.78 is 18.3. The van der Waals surface area contributed by atoms with Crippen molar-refractivity contribution in [3.05, 3.63) is 30.1 Å². The Balaban J connectivity index is 1.69. The second-order valence-corrected chi connectivity index (χ2v) is 5.05. The standard InChI is InChI=1S/C15H21FN2O2/c1-2-14-11(7-8-20-14)9-17-10-15(19)18-13-5-3-12(16)4-6-13/h3-6,11,14,17H,2,7-10H2,1H3,(H,18,19). The zero-order chi connectivity index (χ0) is 14.4. The summed E-state index contributed by atoms with van der Waals surface area (Å²) in [5.41, 5.74) is 0.605. The number of hydrogen-bond donors (Lipinski definition) is 2. The van der Waals surface area contributed by atoms with Crippen LogP contribution in [0.1, 0.15) is 19.8 Å². The molecule has 2 atom stereocenters. The van der Waals surface area contributed by atoms with Gasteiger partial charge in [-0.1, -0.05) is 6.92 Å². The fourth-order valence-corrected chi connectivity index (χ4v) is 2.49. The number of nitrogens with one attached hydrogen (secondary N) is 2. The van der Waals surface area contributed by atoms with Crippen molar-refractivity contribution >= 4 is 11.6 Å². The second-order valence-electron chi connectivity index (χ2n) is 5.05. The van der Waals surface area contributed by atoms with Gasteiger partial charge in [-0.05, 0) is 43.0 Å². The Morgan fingerprint density at radius 1 is 1.40 bits per heavy atom. The molecule has 0 saturated carbocycles. The van der Waals surface area contributed by atoms with Gasteiger partial charge < -0.3 is 15.4 Å². The number of amides is 1. The summed E-state index contributed by atoms with van der Waals surface area (Å²) in [5.74, 6) is 0.0511. The van der Waals surface area contributed by atoms with Crippen LogP contribution in [0.25, 0.3) is 0 Å². The first-order valence-corrected chi connectivity index (χ1v) is 7.06. The number of rotatable bonds is 6. The molecular weight excluding hydrogens is 259 g/mol. The third kappa shape index (κ3) is 4.28. The van der Waals surface area contributed by atoms with Gasteiger partial charge in [0.25, 0.3) is 0 Å². The average Bonchev–Trinajstić information content (AvgIpc) is 2.89. The molecule has 1 fully saturated rings. The minimum Gasteiger partial charge on any atom is -0.378 e. The van der Waals surface area contributed by atoms with Gasteiger partial charge in [-0.15, -0.1) is 0 Å². The highest BCUT2D eigenvalue weighted by atomic mass is 19.1. The van der Waals surface area contributed by atoms with E-state index in [0.29, 0.717) is 17.7 Å². The maximum atomic E-state index is 12.7. The third-order valence-corrected chi connectivity index (χ3v) is 3.57. The van der Waals surface area contributed by atoms with Crippen molar-refractivity contribution in [2.24, 2.45) is 5.92 Å². The third-order valence-electron chi connectivity index (χ3n) is 3.57. The van der Waals surface area contributed by atoms with Crippen molar-refractivity contribution in [1.29, 1.82) is 0 Å². The molecule has 2 rings (SSSR count). The first-order chi connectivity index (χ1) is 9.69. The highest BCUT2D eigenvalue weighted by Crippen LogP contribution is 2.22. The second kappa shape index (κ2) is 7.36. The molecule has 20 heavy (non-hydrogen) atoms. The van der Waals surface area contributed by atoms with Gasteiger partial charge in [0.1, 0.15) is 5.82 Å². The number of ether oxygens (including phenoxy) is 1. The molecule has 0 aliphatic carbocycles.